The van der Waals surface area contributed by atoms with Gasteiger partial charge in [-0.3, -0.25) is 9.78 Å². The molecule has 4 heterocycles. The second-order valence-electron chi connectivity index (χ2n) is 8.29. The number of terminal acetylenes is 1. The lowest BCUT2D eigenvalue weighted by Crippen LogP contribution is -2.44. The van der Waals surface area contributed by atoms with Crippen LogP contribution >= 0.6 is 0 Å². The quantitative estimate of drug-likeness (QED) is 0.435. The molecule has 0 atom stereocenters. The standard InChI is InChI=1S/C26H24N8O/c1-3-23(35)30-20-6-4-5-18(15-20)24-25-19(9-10-27-24)16-29-26(32-25)31-21-7-8-22(28-17-21)34-13-11-33(2)12-14-34/h1,4-10,15-17H,11-14H2,2H3,(H,30,35)(H,29,31,32). The summed E-state index contributed by atoms with van der Waals surface area (Å²) in [5.41, 5.74) is 3.55. The van der Waals surface area contributed by atoms with Crippen molar-refractivity contribution in [2.45, 2.75) is 0 Å². The molecule has 5 rings (SSSR count). The van der Waals surface area contributed by atoms with Gasteiger partial charge in [0.05, 0.1) is 17.6 Å². The second kappa shape index (κ2) is 9.75. The van der Waals surface area contributed by atoms with Crippen molar-refractivity contribution in [1.82, 2.24) is 24.8 Å². The Morgan fingerprint density at radius 2 is 1.86 bits per heavy atom. The summed E-state index contributed by atoms with van der Waals surface area (Å²) in [6, 6.07) is 13.2. The molecule has 4 aromatic rings. The van der Waals surface area contributed by atoms with Crippen molar-refractivity contribution in [2.75, 3.05) is 48.8 Å². The van der Waals surface area contributed by atoms with Crippen LogP contribution in [0.25, 0.3) is 22.2 Å². The van der Waals surface area contributed by atoms with Crippen molar-refractivity contribution < 1.29 is 4.79 Å². The number of nitrogens with one attached hydrogen (secondary N) is 2. The molecule has 1 aliphatic rings. The molecule has 2 N–H and O–H groups in total. The third-order valence-corrected chi connectivity index (χ3v) is 5.86. The van der Waals surface area contributed by atoms with Gasteiger partial charge in [0.15, 0.2) is 0 Å². The van der Waals surface area contributed by atoms with Gasteiger partial charge in [-0.25, -0.2) is 15.0 Å². The Morgan fingerprint density at radius 1 is 1.00 bits per heavy atom. The summed E-state index contributed by atoms with van der Waals surface area (Å²) in [6.07, 6.45) is 10.4. The van der Waals surface area contributed by atoms with E-state index in [0.29, 0.717) is 22.8 Å². The molecule has 1 fully saturated rings. The number of hydrogen-bond donors (Lipinski definition) is 2. The molecule has 0 spiro atoms. The van der Waals surface area contributed by atoms with Crippen LogP contribution in [-0.4, -0.2) is 64.0 Å². The van der Waals surface area contributed by atoms with Gasteiger partial charge >= 0.3 is 0 Å². The first-order chi connectivity index (χ1) is 17.1. The number of hydrogen-bond acceptors (Lipinski definition) is 8. The van der Waals surface area contributed by atoms with E-state index in [4.69, 9.17) is 11.4 Å². The number of pyridine rings is 2. The number of aromatic nitrogens is 4. The normalized spacial score (nSPS) is 13.9. The maximum absolute atomic E-state index is 11.6. The lowest BCUT2D eigenvalue weighted by molar-refractivity contribution is -0.111. The van der Waals surface area contributed by atoms with Crippen LogP contribution in [0.15, 0.2) is 61.1 Å². The fourth-order valence-corrected chi connectivity index (χ4v) is 3.95. The Morgan fingerprint density at radius 3 is 2.63 bits per heavy atom. The first-order valence-corrected chi connectivity index (χ1v) is 11.3. The highest BCUT2D eigenvalue weighted by Gasteiger charge is 2.15. The van der Waals surface area contributed by atoms with E-state index >= 15 is 0 Å². The first-order valence-electron chi connectivity index (χ1n) is 11.3. The molecule has 9 heteroatoms. The number of carbonyl (C=O) groups excluding carboxylic acids is 1. The summed E-state index contributed by atoms with van der Waals surface area (Å²) >= 11 is 0. The summed E-state index contributed by atoms with van der Waals surface area (Å²) in [5, 5.41) is 6.75. The maximum Gasteiger partial charge on any atom is 0.300 e. The van der Waals surface area contributed by atoms with Gasteiger partial charge in [0.25, 0.3) is 5.91 Å². The highest BCUT2D eigenvalue weighted by Crippen LogP contribution is 2.28. The predicted molar refractivity (Wildman–Crippen MR) is 137 cm³/mol. The van der Waals surface area contributed by atoms with Crippen LogP contribution in [-0.2, 0) is 4.79 Å². The van der Waals surface area contributed by atoms with E-state index in [-0.39, 0.29) is 0 Å². The molecule has 0 radical (unpaired) electrons. The van der Waals surface area contributed by atoms with Crippen LogP contribution in [0.2, 0.25) is 0 Å². The first kappa shape index (κ1) is 22.3. The number of piperazine rings is 1. The van der Waals surface area contributed by atoms with Crippen molar-refractivity contribution in [3.8, 4) is 23.6 Å². The molecule has 9 nitrogen and oxygen atoms in total. The van der Waals surface area contributed by atoms with Gasteiger partial charge in [0.2, 0.25) is 5.95 Å². The number of amides is 1. The van der Waals surface area contributed by atoms with Crippen LogP contribution in [0.3, 0.4) is 0 Å². The number of likely N-dealkylation sites (N-methyl/N-ethyl adjacent to an activating group) is 1. The molecule has 174 valence electrons. The van der Waals surface area contributed by atoms with E-state index in [1.54, 1.807) is 24.7 Å². The molecule has 1 saturated heterocycles. The van der Waals surface area contributed by atoms with Gasteiger partial charge in [-0.1, -0.05) is 12.1 Å². The third-order valence-electron chi connectivity index (χ3n) is 5.86. The minimum Gasteiger partial charge on any atom is -0.354 e. The molecule has 1 aromatic carbocycles. The van der Waals surface area contributed by atoms with E-state index in [9.17, 15) is 4.79 Å². The van der Waals surface area contributed by atoms with Crippen molar-refractivity contribution in [3.63, 3.8) is 0 Å². The summed E-state index contributed by atoms with van der Waals surface area (Å²) in [7, 11) is 2.14. The fourth-order valence-electron chi connectivity index (χ4n) is 3.95. The van der Waals surface area contributed by atoms with Gasteiger partial charge < -0.3 is 20.4 Å². The van der Waals surface area contributed by atoms with Crippen LogP contribution in [0.1, 0.15) is 0 Å². The lowest BCUT2D eigenvalue weighted by Gasteiger charge is -2.33. The maximum atomic E-state index is 11.6. The molecule has 0 aliphatic carbocycles. The van der Waals surface area contributed by atoms with Crippen LogP contribution < -0.4 is 15.5 Å². The molecule has 0 saturated carbocycles. The summed E-state index contributed by atoms with van der Waals surface area (Å²) in [6.45, 7) is 3.99. The van der Waals surface area contributed by atoms with Crippen molar-refractivity contribution in [2.24, 2.45) is 0 Å². The van der Waals surface area contributed by atoms with E-state index in [0.717, 1.165) is 48.6 Å². The zero-order valence-corrected chi connectivity index (χ0v) is 19.3. The number of rotatable bonds is 5. The van der Waals surface area contributed by atoms with E-state index < -0.39 is 5.91 Å². The molecule has 3 aromatic heterocycles. The molecular formula is C26H24N8O. The van der Waals surface area contributed by atoms with Crippen molar-refractivity contribution >= 4 is 40.0 Å². The summed E-state index contributed by atoms with van der Waals surface area (Å²) in [5.74, 6) is 2.95. The van der Waals surface area contributed by atoms with E-state index in [1.165, 1.54) is 0 Å². The van der Waals surface area contributed by atoms with E-state index in [2.05, 4.69) is 48.4 Å². The molecule has 0 unspecified atom stereocenters. The molecular weight excluding hydrogens is 440 g/mol. The topological polar surface area (TPSA) is 99.2 Å². The zero-order chi connectivity index (χ0) is 24.2. The van der Waals surface area contributed by atoms with Crippen LogP contribution in [0.4, 0.5) is 23.1 Å². The number of fused-ring (bicyclic) bond motifs is 1. The zero-order valence-electron chi connectivity index (χ0n) is 19.3. The third kappa shape index (κ3) is 5.03. The van der Waals surface area contributed by atoms with Crippen molar-refractivity contribution in [3.05, 3.63) is 61.1 Å². The number of nitrogens with zero attached hydrogens (tertiary/aromatic N) is 6. The summed E-state index contributed by atoms with van der Waals surface area (Å²) < 4.78 is 0. The highest BCUT2D eigenvalue weighted by molar-refractivity contribution is 6.04. The molecule has 0 bridgehead atoms. The average Bonchev–Trinajstić information content (AvgIpc) is 2.89. The van der Waals surface area contributed by atoms with E-state index in [1.807, 2.05) is 36.4 Å². The second-order valence-corrected chi connectivity index (χ2v) is 8.29. The van der Waals surface area contributed by atoms with Gasteiger partial charge in [0.1, 0.15) is 11.3 Å². The minimum absolute atomic E-state index is 0.442. The number of anilines is 4. The van der Waals surface area contributed by atoms with Gasteiger partial charge in [-0.2, -0.15) is 0 Å². The molecule has 35 heavy (non-hydrogen) atoms. The SMILES string of the molecule is C#CC(=O)Nc1cccc(-c2nccc3cnc(Nc4ccc(N5CCN(C)CC5)nc4)nc23)c1. The van der Waals surface area contributed by atoms with Crippen LogP contribution in [0.5, 0.6) is 0 Å². The average molecular weight is 465 g/mol. The Bertz CT molecular complexity index is 1410. The van der Waals surface area contributed by atoms with Crippen LogP contribution in [0, 0.1) is 12.3 Å². The largest absolute Gasteiger partial charge is 0.354 e. The highest BCUT2D eigenvalue weighted by atomic mass is 16.1. The monoisotopic (exact) mass is 464 g/mol. The lowest BCUT2D eigenvalue weighted by atomic mass is 10.1. The fraction of sp³-hybridized carbons (Fsp3) is 0.192. The molecule has 1 amide bonds. The van der Waals surface area contributed by atoms with Crippen molar-refractivity contribution in [1.29, 1.82) is 0 Å². The Balaban J connectivity index is 1.39. The summed E-state index contributed by atoms with van der Waals surface area (Å²) in [4.78, 5) is 34.5. The van der Waals surface area contributed by atoms with Gasteiger partial charge in [-0.15, -0.1) is 6.42 Å². The predicted octanol–water partition coefficient (Wildman–Crippen LogP) is 3.15. The van der Waals surface area contributed by atoms with Gasteiger partial charge in [-0.05, 0) is 43.3 Å². The Labute approximate surface area is 203 Å². The minimum atomic E-state index is -0.505. The Hall–Kier alpha value is -4.55. The number of carbonyl (C=O) groups is 1. The van der Waals surface area contributed by atoms with Gasteiger partial charge in [0, 0.05) is 55.2 Å². The molecule has 1 aliphatic heterocycles. The smallest absolute Gasteiger partial charge is 0.300 e. The number of benzene rings is 1. The Kier molecular flexibility index (Phi) is 6.20.